The fraction of sp³-hybridized carbons (Fsp3) is 0.533. The molecule has 2 atom stereocenters. The fourth-order valence-electron chi connectivity index (χ4n) is 2.73. The van der Waals surface area contributed by atoms with Gasteiger partial charge >= 0.3 is 5.97 Å². The minimum atomic E-state index is -0.840. The molecular weight excluding hydrogens is 242 g/mol. The molecule has 2 N–H and O–H groups in total. The summed E-state index contributed by atoms with van der Waals surface area (Å²) in [6.45, 7) is 3.94. The van der Waals surface area contributed by atoms with Crippen molar-refractivity contribution >= 4 is 5.97 Å². The zero-order valence-electron chi connectivity index (χ0n) is 11.4. The Kier molecular flexibility index (Phi) is 4.10. The lowest BCUT2D eigenvalue weighted by Crippen LogP contribution is -2.53. The topological polar surface area (TPSA) is 58.6 Å². The maximum absolute atomic E-state index is 11.5. The summed E-state index contributed by atoms with van der Waals surface area (Å²) in [5, 5.41) is 12.7. The molecule has 0 bridgehead atoms. The van der Waals surface area contributed by atoms with E-state index in [0.29, 0.717) is 12.8 Å². The standard InChI is InChI=1S/C15H21NO3/c1-11(2)16-15(14(17)18)9-8-13(10-15)19-12-6-4-3-5-7-12/h3-7,11,13,16H,8-10H2,1-2H3,(H,17,18). The summed E-state index contributed by atoms with van der Waals surface area (Å²) in [7, 11) is 0. The van der Waals surface area contributed by atoms with Crippen LogP contribution >= 0.6 is 0 Å². The molecule has 0 amide bonds. The minimum absolute atomic E-state index is 0.0373. The number of nitrogens with one attached hydrogen (secondary N) is 1. The Hall–Kier alpha value is -1.55. The molecule has 0 radical (unpaired) electrons. The Morgan fingerprint density at radius 3 is 2.68 bits per heavy atom. The van der Waals surface area contributed by atoms with Crippen LogP contribution < -0.4 is 10.1 Å². The minimum Gasteiger partial charge on any atom is -0.490 e. The van der Waals surface area contributed by atoms with E-state index in [9.17, 15) is 9.90 Å². The van der Waals surface area contributed by atoms with Crippen molar-refractivity contribution in [2.45, 2.75) is 50.8 Å². The van der Waals surface area contributed by atoms with Gasteiger partial charge in [-0.3, -0.25) is 10.1 Å². The van der Waals surface area contributed by atoms with Gasteiger partial charge in [0.2, 0.25) is 0 Å². The van der Waals surface area contributed by atoms with Crippen LogP contribution in [0.1, 0.15) is 33.1 Å². The quantitative estimate of drug-likeness (QED) is 0.856. The van der Waals surface area contributed by atoms with E-state index in [4.69, 9.17) is 4.74 Å². The second kappa shape index (κ2) is 5.61. The van der Waals surface area contributed by atoms with E-state index in [1.165, 1.54) is 0 Å². The SMILES string of the molecule is CC(C)NC1(C(=O)O)CCC(Oc2ccccc2)C1. The van der Waals surface area contributed by atoms with Gasteiger partial charge in [-0.1, -0.05) is 18.2 Å². The van der Waals surface area contributed by atoms with Gasteiger partial charge in [0, 0.05) is 12.5 Å². The number of para-hydroxylation sites is 1. The van der Waals surface area contributed by atoms with Crippen molar-refractivity contribution in [2.24, 2.45) is 0 Å². The smallest absolute Gasteiger partial charge is 0.324 e. The second-order valence-electron chi connectivity index (χ2n) is 5.48. The molecule has 1 aromatic carbocycles. The third-order valence-corrected chi connectivity index (χ3v) is 3.49. The van der Waals surface area contributed by atoms with Crippen LogP contribution in [-0.4, -0.2) is 28.8 Å². The molecular formula is C15H21NO3. The summed E-state index contributed by atoms with van der Waals surface area (Å²) in [5.74, 6) is 0.0265. The van der Waals surface area contributed by atoms with Crippen molar-refractivity contribution in [2.75, 3.05) is 0 Å². The van der Waals surface area contributed by atoms with Crippen molar-refractivity contribution in [3.8, 4) is 5.75 Å². The highest BCUT2D eigenvalue weighted by atomic mass is 16.5. The molecule has 1 aromatic rings. The second-order valence-corrected chi connectivity index (χ2v) is 5.48. The Bertz CT molecular complexity index is 432. The van der Waals surface area contributed by atoms with Crippen molar-refractivity contribution in [1.29, 1.82) is 0 Å². The molecule has 2 rings (SSSR count). The first kappa shape index (κ1) is 13.9. The van der Waals surface area contributed by atoms with Gasteiger partial charge in [-0.2, -0.15) is 0 Å². The van der Waals surface area contributed by atoms with Crippen LogP contribution in [0.15, 0.2) is 30.3 Å². The highest BCUT2D eigenvalue weighted by Crippen LogP contribution is 2.33. The first-order valence-electron chi connectivity index (χ1n) is 6.75. The molecule has 1 fully saturated rings. The molecule has 4 nitrogen and oxygen atoms in total. The molecule has 104 valence electrons. The van der Waals surface area contributed by atoms with Crippen LogP contribution in [0, 0.1) is 0 Å². The Morgan fingerprint density at radius 2 is 2.11 bits per heavy atom. The number of ether oxygens (including phenoxy) is 1. The number of benzene rings is 1. The fourth-order valence-corrected chi connectivity index (χ4v) is 2.73. The number of aliphatic carboxylic acids is 1. The molecule has 1 aliphatic rings. The van der Waals surface area contributed by atoms with Gasteiger partial charge in [-0.25, -0.2) is 0 Å². The zero-order chi connectivity index (χ0) is 13.9. The molecule has 0 spiro atoms. The van der Waals surface area contributed by atoms with E-state index in [0.717, 1.165) is 12.2 Å². The van der Waals surface area contributed by atoms with Crippen LogP contribution in [-0.2, 0) is 4.79 Å². The molecule has 0 aromatic heterocycles. The van der Waals surface area contributed by atoms with Crippen molar-refractivity contribution in [1.82, 2.24) is 5.32 Å². The van der Waals surface area contributed by atoms with Crippen LogP contribution in [0.4, 0.5) is 0 Å². The van der Waals surface area contributed by atoms with Crippen LogP contribution in [0.3, 0.4) is 0 Å². The summed E-state index contributed by atoms with van der Waals surface area (Å²) in [5.41, 5.74) is -0.840. The lowest BCUT2D eigenvalue weighted by atomic mass is 9.96. The molecule has 0 aliphatic heterocycles. The number of hydrogen-bond donors (Lipinski definition) is 2. The van der Waals surface area contributed by atoms with E-state index in [2.05, 4.69) is 5.32 Å². The Morgan fingerprint density at radius 1 is 1.42 bits per heavy atom. The predicted octanol–water partition coefficient (Wildman–Crippen LogP) is 2.44. The Labute approximate surface area is 113 Å². The van der Waals surface area contributed by atoms with Crippen LogP contribution in [0.25, 0.3) is 0 Å². The number of carboxylic acids is 1. The van der Waals surface area contributed by atoms with Gasteiger partial charge in [-0.15, -0.1) is 0 Å². The highest BCUT2D eigenvalue weighted by molar-refractivity contribution is 5.79. The van der Waals surface area contributed by atoms with Gasteiger partial charge in [0.25, 0.3) is 0 Å². The third-order valence-electron chi connectivity index (χ3n) is 3.49. The van der Waals surface area contributed by atoms with Crippen LogP contribution in [0.2, 0.25) is 0 Å². The van der Waals surface area contributed by atoms with E-state index in [1.807, 2.05) is 44.2 Å². The largest absolute Gasteiger partial charge is 0.490 e. The van der Waals surface area contributed by atoms with Gasteiger partial charge in [0.1, 0.15) is 17.4 Å². The highest BCUT2D eigenvalue weighted by Gasteiger charge is 2.46. The molecule has 1 saturated carbocycles. The summed E-state index contributed by atoms with van der Waals surface area (Å²) in [4.78, 5) is 11.5. The van der Waals surface area contributed by atoms with E-state index < -0.39 is 11.5 Å². The summed E-state index contributed by atoms with van der Waals surface area (Å²) >= 11 is 0. The average Bonchev–Trinajstić information content (AvgIpc) is 2.74. The summed E-state index contributed by atoms with van der Waals surface area (Å²) < 4.78 is 5.86. The van der Waals surface area contributed by atoms with Gasteiger partial charge in [0.05, 0.1) is 0 Å². The zero-order valence-corrected chi connectivity index (χ0v) is 11.4. The maximum atomic E-state index is 11.5. The van der Waals surface area contributed by atoms with E-state index >= 15 is 0 Å². The molecule has 4 heteroatoms. The number of hydrogen-bond acceptors (Lipinski definition) is 3. The molecule has 2 unspecified atom stereocenters. The van der Waals surface area contributed by atoms with Crippen molar-refractivity contribution in [3.63, 3.8) is 0 Å². The van der Waals surface area contributed by atoms with E-state index in [1.54, 1.807) is 0 Å². The van der Waals surface area contributed by atoms with Crippen LogP contribution in [0.5, 0.6) is 5.75 Å². The normalized spacial score (nSPS) is 26.6. The third kappa shape index (κ3) is 3.26. The van der Waals surface area contributed by atoms with Crippen molar-refractivity contribution < 1.29 is 14.6 Å². The number of carboxylic acid groups (broad SMARTS) is 1. The lowest BCUT2D eigenvalue weighted by Gasteiger charge is -2.28. The molecule has 1 aliphatic carbocycles. The number of carbonyl (C=O) groups is 1. The predicted molar refractivity (Wildman–Crippen MR) is 73.3 cm³/mol. The number of rotatable bonds is 5. The monoisotopic (exact) mass is 263 g/mol. The molecule has 19 heavy (non-hydrogen) atoms. The summed E-state index contributed by atoms with van der Waals surface area (Å²) in [6, 6.07) is 9.71. The van der Waals surface area contributed by atoms with Gasteiger partial charge in [0.15, 0.2) is 0 Å². The first-order chi connectivity index (χ1) is 9.02. The molecule has 0 saturated heterocycles. The van der Waals surface area contributed by atoms with Crippen molar-refractivity contribution in [3.05, 3.63) is 30.3 Å². The van der Waals surface area contributed by atoms with Gasteiger partial charge in [-0.05, 0) is 38.8 Å². The molecule has 0 heterocycles. The summed E-state index contributed by atoms with van der Waals surface area (Å²) in [6.07, 6.45) is 1.85. The lowest BCUT2D eigenvalue weighted by molar-refractivity contribution is -0.145. The average molecular weight is 263 g/mol. The Balaban J connectivity index is 2.03. The first-order valence-corrected chi connectivity index (χ1v) is 6.75. The van der Waals surface area contributed by atoms with Gasteiger partial charge < -0.3 is 9.84 Å². The van der Waals surface area contributed by atoms with E-state index in [-0.39, 0.29) is 12.1 Å². The maximum Gasteiger partial charge on any atom is 0.324 e.